The fraction of sp³-hybridized carbons (Fsp3) is 0.458. The van der Waals surface area contributed by atoms with Crippen LogP contribution in [0.2, 0.25) is 0 Å². The zero-order valence-corrected chi connectivity index (χ0v) is 21.6. The first-order valence-corrected chi connectivity index (χ1v) is 11.2. The molecule has 1 fully saturated rings. The summed E-state index contributed by atoms with van der Waals surface area (Å²) in [5.41, 5.74) is 2.08. The number of likely N-dealkylation sites (tertiary alicyclic amines) is 1. The molecule has 2 aromatic rings. The van der Waals surface area contributed by atoms with E-state index >= 15 is 0 Å². The lowest BCUT2D eigenvalue weighted by atomic mass is 10.1. The van der Waals surface area contributed by atoms with Gasteiger partial charge in [-0.15, -0.1) is 24.0 Å². The van der Waals surface area contributed by atoms with Gasteiger partial charge in [0.05, 0.1) is 6.26 Å². The Morgan fingerprint density at radius 3 is 2.61 bits per heavy atom. The molecule has 3 rings (SSSR count). The summed E-state index contributed by atoms with van der Waals surface area (Å²) >= 11 is 0. The summed E-state index contributed by atoms with van der Waals surface area (Å²) in [4.78, 5) is 30.6. The van der Waals surface area contributed by atoms with Crippen molar-refractivity contribution in [2.24, 2.45) is 10.9 Å². The lowest BCUT2D eigenvalue weighted by Gasteiger charge is -2.18. The number of carbonyl (C=O) groups excluding carboxylic acids is 2. The average Bonchev–Trinajstić information content (AvgIpc) is 3.39. The molecule has 0 aliphatic carbocycles. The van der Waals surface area contributed by atoms with Crippen molar-refractivity contribution in [1.82, 2.24) is 20.9 Å². The van der Waals surface area contributed by atoms with Gasteiger partial charge in [0.1, 0.15) is 0 Å². The summed E-state index contributed by atoms with van der Waals surface area (Å²) < 4.78 is 5.19. The number of aryl methyl sites for hydroxylation is 1. The van der Waals surface area contributed by atoms with E-state index < -0.39 is 0 Å². The van der Waals surface area contributed by atoms with E-state index in [-0.39, 0.29) is 41.7 Å². The molecule has 1 aromatic carbocycles. The number of halogens is 1. The van der Waals surface area contributed by atoms with Crippen molar-refractivity contribution in [3.8, 4) is 0 Å². The SMILES string of the molecule is CN=C(NCCCNC(=O)c1occc1C)NCC1CC(=O)N(CCc2ccccc2)C1.I. The number of hydrogen-bond acceptors (Lipinski definition) is 4. The molecular weight excluding hydrogens is 533 g/mol. The number of carbonyl (C=O) groups is 2. The van der Waals surface area contributed by atoms with Crippen LogP contribution in [0.4, 0.5) is 0 Å². The van der Waals surface area contributed by atoms with Gasteiger partial charge in [-0.2, -0.15) is 0 Å². The fourth-order valence-electron chi connectivity index (χ4n) is 3.76. The number of amides is 2. The van der Waals surface area contributed by atoms with Gasteiger partial charge in [0, 0.05) is 57.7 Å². The summed E-state index contributed by atoms with van der Waals surface area (Å²) in [6, 6.07) is 12.0. The molecule has 3 N–H and O–H groups in total. The summed E-state index contributed by atoms with van der Waals surface area (Å²) in [6.07, 6.45) is 3.71. The normalized spacial score (nSPS) is 15.8. The predicted molar refractivity (Wildman–Crippen MR) is 140 cm³/mol. The van der Waals surface area contributed by atoms with Crippen molar-refractivity contribution >= 4 is 41.8 Å². The maximum atomic E-state index is 12.3. The Morgan fingerprint density at radius 2 is 1.91 bits per heavy atom. The highest BCUT2D eigenvalue weighted by Gasteiger charge is 2.29. The Hall–Kier alpha value is -2.56. The second-order valence-electron chi connectivity index (χ2n) is 8.07. The molecule has 1 aliphatic rings. The van der Waals surface area contributed by atoms with Gasteiger partial charge in [-0.1, -0.05) is 30.3 Å². The van der Waals surface area contributed by atoms with Crippen molar-refractivity contribution in [3.63, 3.8) is 0 Å². The van der Waals surface area contributed by atoms with E-state index in [4.69, 9.17) is 4.42 Å². The maximum Gasteiger partial charge on any atom is 0.287 e. The Labute approximate surface area is 212 Å². The van der Waals surface area contributed by atoms with Crippen LogP contribution in [0.3, 0.4) is 0 Å². The summed E-state index contributed by atoms with van der Waals surface area (Å²) in [5, 5.41) is 9.41. The molecule has 2 amide bonds. The first kappa shape index (κ1) is 26.7. The number of hydrogen-bond donors (Lipinski definition) is 3. The Morgan fingerprint density at radius 1 is 1.15 bits per heavy atom. The van der Waals surface area contributed by atoms with Crippen LogP contribution in [0, 0.1) is 12.8 Å². The minimum Gasteiger partial charge on any atom is -0.459 e. The van der Waals surface area contributed by atoms with Crippen LogP contribution in [0.25, 0.3) is 0 Å². The minimum absolute atomic E-state index is 0. The smallest absolute Gasteiger partial charge is 0.287 e. The van der Waals surface area contributed by atoms with Gasteiger partial charge < -0.3 is 25.3 Å². The third-order valence-electron chi connectivity index (χ3n) is 5.59. The van der Waals surface area contributed by atoms with E-state index in [2.05, 4.69) is 33.1 Å². The van der Waals surface area contributed by atoms with E-state index in [1.54, 1.807) is 13.1 Å². The number of furan rings is 1. The average molecular weight is 567 g/mol. The van der Waals surface area contributed by atoms with Crippen molar-refractivity contribution < 1.29 is 14.0 Å². The standard InChI is InChI=1S/C24H33N5O3.HI/c1-18-10-14-32-22(18)23(31)26-11-6-12-27-24(25-2)28-16-20-15-21(30)29(17-20)13-9-19-7-4-3-5-8-19;/h3-5,7-8,10,14,20H,6,9,11-13,15-17H2,1-2H3,(H,26,31)(H2,25,27,28);1H. The lowest BCUT2D eigenvalue weighted by Crippen LogP contribution is -2.41. The van der Waals surface area contributed by atoms with E-state index in [9.17, 15) is 9.59 Å². The molecule has 0 bridgehead atoms. The van der Waals surface area contributed by atoms with Crippen molar-refractivity contribution in [3.05, 3.63) is 59.5 Å². The lowest BCUT2D eigenvalue weighted by molar-refractivity contribution is -0.127. The molecule has 8 nitrogen and oxygen atoms in total. The van der Waals surface area contributed by atoms with Gasteiger partial charge in [0.2, 0.25) is 5.91 Å². The fourth-order valence-corrected chi connectivity index (χ4v) is 3.76. The molecule has 0 radical (unpaired) electrons. The predicted octanol–water partition coefficient (Wildman–Crippen LogP) is 2.58. The highest BCUT2D eigenvalue weighted by molar-refractivity contribution is 14.0. The van der Waals surface area contributed by atoms with Crippen LogP contribution in [0.5, 0.6) is 0 Å². The first-order chi connectivity index (χ1) is 15.6. The first-order valence-electron chi connectivity index (χ1n) is 11.2. The topological polar surface area (TPSA) is 99.0 Å². The highest BCUT2D eigenvalue weighted by atomic mass is 127. The van der Waals surface area contributed by atoms with Crippen LogP contribution in [-0.2, 0) is 11.2 Å². The molecule has 0 saturated carbocycles. The van der Waals surface area contributed by atoms with E-state index in [0.29, 0.717) is 37.8 Å². The van der Waals surface area contributed by atoms with Crippen LogP contribution in [-0.4, -0.2) is 62.4 Å². The third-order valence-corrected chi connectivity index (χ3v) is 5.59. The van der Waals surface area contributed by atoms with Crippen LogP contribution in [0.15, 0.2) is 52.1 Å². The second kappa shape index (κ2) is 13.9. The van der Waals surface area contributed by atoms with E-state index in [1.807, 2.05) is 30.0 Å². The highest BCUT2D eigenvalue weighted by Crippen LogP contribution is 2.17. The number of guanidine groups is 1. The minimum atomic E-state index is -0.197. The molecule has 2 heterocycles. The largest absolute Gasteiger partial charge is 0.459 e. The zero-order valence-electron chi connectivity index (χ0n) is 19.3. The zero-order chi connectivity index (χ0) is 22.8. The van der Waals surface area contributed by atoms with Crippen molar-refractivity contribution in [2.45, 2.75) is 26.2 Å². The number of benzene rings is 1. The summed E-state index contributed by atoms with van der Waals surface area (Å²) in [6.45, 7) is 5.28. The third kappa shape index (κ3) is 8.38. The monoisotopic (exact) mass is 567 g/mol. The molecule has 1 aliphatic heterocycles. The van der Waals surface area contributed by atoms with Gasteiger partial charge in [-0.3, -0.25) is 14.6 Å². The molecule has 9 heteroatoms. The van der Waals surface area contributed by atoms with Gasteiger partial charge in [-0.25, -0.2) is 0 Å². The van der Waals surface area contributed by atoms with E-state index in [1.165, 1.54) is 11.8 Å². The number of nitrogens with zero attached hydrogens (tertiary/aromatic N) is 2. The molecule has 1 aromatic heterocycles. The molecule has 180 valence electrons. The summed E-state index contributed by atoms with van der Waals surface area (Å²) in [5.74, 6) is 1.36. The second-order valence-corrected chi connectivity index (χ2v) is 8.07. The number of aliphatic imine (C=N–C) groups is 1. The van der Waals surface area contributed by atoms with Gasteiger partial charge in [-0.05, 0) is 31.4 Å². The number of rotatable bonds is 10. The number of nitrogens with one attached hydrogen (secondary N) is 3. The molecule has 1 unspecified atom stereocenters. The van der Waals surface area contributed by atoms with Crippen LogP contribution >= 0.6 is 24.0 Å². The molecule has 1 saturated heterocycles. The van der Waals surface area contributed by atoms with Gasteiger partial charge >= 0.3 is 0 Å². The molecule has 33 heavy (non-hydrogen) atoms. The quantitative estimate of drug-likeness (QED) is 0.178. The van der Waals surface area contributed by atoms with Crippen LogP contribution < -0.4 is 16.0 Å². The maximum absolute atomic E-state index is 12.3. The Kier molecular flexibility index (Phi) is 11.2. The molecular formula is C24H34IN5O3. The van der Waals surface area contributed by atoms with Crippen LogP contribution in [0.1, 0.15) is 34.5 Å². The van der Waals surface area contributed by atoms with Crippen molar-refractivity contribution in [1.29, 1.82) is 0 Å². The van der Waals surface area contributed by atoms with Crippen molar-refractivity contribution in [2.75, 3.05) is 39.8 Å². The van der Waals surface area contributed by atoms with E-state index in [0.717, 1.165) is 31.5 Å². The Bertz CT molecular complexity index is 916. The molecule has 0 spiro atoms. The van der Waals surface area contributed by atoms with Gasteiger partial charge in [0.15, 0.2) is 11.7 Å². The summed E-state index contributed by atoms with van der Waals surface area (Å²) in [7, 11) is 1.72. The Balaban J connectivity index is 0.00000385. The molecule has 1 atom stereocenters. The van der Waals surface area contributed by atoms with Gasteiger partial charge in [0.25, 0.3) is 5.91 Å².